The Morgan fingerprint density at radius 2 is 0.846 bits per heavy atom. The van der Waals surface area contributed by atoms with Crippen LogP contribution in [-0.2, 0) is 0 Å². The lowest BCUT2D eigenvalue weighted by Gasteiger charge is -2.03. The molecule has 0 heterocycles. The van der Waals surface area contributed by atoms with Gasteiger partial charge in [-0.3, -0.25) is 0 Å². The first-order chi connectivity index (χ1) is 12.7. The van der Waals surface area contributed by atoms with Crippen molar-refractivity contribution in [2.45, 2.75) is 12.2 Å². The maximum atomic E-state index is 10.2. The first kappa shape index (κ1) is 17.5. The van der Waals surface area contributed by atoms with Gasteiger partial charge in [0.2, 0.25) is 0 Å². The van der Waals surface area contributed by atoms with Crippen molar-refractivity contribution in [2.75, 3.05) is 0 Å². The van der Waals surface area contributed by atoms with Crippen molar-refractivity contribution in [3.63, 3.8) is 0 Å². The quantitative estimate of drug-likeness (QED) is 0.697. The van der Waals surface area contributed by atoms with Gasteiger partial charge in [-0.1, -0.05) is 96.5 Å². The Labute approximate surface area is 153 Å². The van der Waals surface area contributed by atoms with Crippen molar-refractivity contribution in [3.8, 4) is 23.7 Å². The summed E-state index contributed by atoms with van der Waals surface area (Å²) in [5.74, 6) is 11.7. The molecular weight excluding hydrogens is 320 g/mol. The van der Waals surface area contributed by atoms with Crippen molar-refractivity contribution in [1.82, 2.24) is 0 Å². The molecule has 126 valence electrons. The van der Waals surface area contributed by atoms with Crippen LogP contribution in [0.1, 0.15) is 34.5 Å². The van der Waals surface area contributed by atoms with Crippen LogP contribution in [0.4, 0.5) is 0 Å². The number of hydrogen-bond acceptors (Lipinski definition) is 2. The molecule has 0 saturated carbocycles. The molecule has 0 amide bonds. The molecule has 2 N–H and O–H groups in total. The van der Waals surface area contributed by atoms with Crippen LogP contribution >= 0.6 is 0 Å². The lowest BCUT2D eigenvalue weighted by molar-refractivity contribution is 0.238. The van der Waals surface area contributed by atoms with Gasteiger partial charge in [0.05, 0.1) is 0 Å². The first-order valence-electron chi connectivity index (χ1n) is 8.32. The number of benzene rings is 3. The molecule has 0 radical (unpaired) electrons. The van der Waals surface area contributed by atoms with Crippen LogP contribution in [0.5, 0.6) is 0 Å². The molecule has 2 heteroatoms. The maximum absolute atomic E-state index is 10.2. The average molecular weight is 338 g/mol. The fourth-order valence-electron chi connectivity index (χ4n) is 2.43. The third-order valence-corrected chi connectivity index (χ3v) is 3.84. The topological polar surface area (TPSA) is 40.5 Å². The third kappa shape index (κ3) is 4.62. The van der Waals surface area contributed by atoms with Gasteiger partial charge in [-0.05, 0) is 23.3 Å². The molecule has 3 aromatic carbocycles. The highest BCUT2D eigenvalue weighted by atomic mass is 16.3. The Morgan fingerprint density at radius 3 is 1.23 bits per heavy atom. The molecule has 2 unspecified atom stereocenters. The molecule has 0 saturated heterocycles. The molecule has 0 fully saturated rings. The van der Waals surface area contributed by atoms with E-state index in [1.807, 2.05) is 84.9 Å². The molecule has 0 spiro atoms. The third-order valence-electron chi connectivity index (χ3n) is 3.84. The highest BCUT2D eigenvalue weighted by Gasteiger charge is 2.04. The van der Waals surface area contributed by atoms with E-state index in [1.165, 1.54) is 0 Å². The Morgan fingerprint density at radius 1 is 0.500 bits per heavy atom. The van der Waals surface area contributed by atoms with Crippen molar-refractivity contribution >= 4 is 0 Å². The smallest absolute Gasteiger partial charge is 0.140 e. The van der Waals surface area contributed by atoms with Gasteiger partial charge in [-0.2, -0.15) is 0 Å². The van der Waals surface area contributed by atoms with E-state index in [-0.39, 0.29) is 0 Å². The second-order valence-corrected chi connectivity index (χ2v) is 5.71. The van der Waals surface area contributed by atoms with Crippen LogP contribution in [0.25, 0.3) is 0 Å². The van der Waals surface area contributed by atoms with Gasteiger partial charge in [0.1, 0.15) is 12.2 Å². The highest BCUT2D eigenvalue weighted by Crippen LogP contribution is 2.13. The van der Waals surface area contributed by atoms with E-state index in [2.05, 4.69) is 23.7 Å². The van der Waals surface area contributed by atoms with Crippen LogP contribution in [0.3, 0.4) is 0 Å². The number of hydrogen-bond donors (Lipinski definition) is 2. The Hall–Kier alpha value is -3.30. The van der Waals surface area contributed by atoms with Crippen LogP contribution in [-0.4, -0.2) is 10.2 Å². The summed E-state index contributed by atoms with van der Waals surface area (Å²) >= 11 is 0. The molecule has 26 heavy (non-hydrogen) atoms. The van der Waals surface area contributed by atoms with Crippen LogP contribution in [0.15, 0.2) is 84.9 Å². The van der Waals surface area contributed by atoms with Crippen LogP contribution < -0.4 is 0 Å². The van der Waals surface area contributed by atoms with Crippen molar-refractivity contribution in [2.24, 2.45) is 0 Å². The summed E-state index contributed by atoms with van der Waals surface area (Å²) in [6.45, 7) is 0. The van der Waals surface area contributed by atoms with E-state index in [0.29, 0.717) is 0 Å². The number of rotatable bonds is 2. The minimum absolute atomic E-state index is 0.718. The Kier molecular flexibility index (Phi) is 5.86. The summed E-state index contributed by atoms with van der Waals surface area (Å²) < 4.78 is 0. The van der Waals surface area contributed by atoms with Crippen molar-refractivity contribution < 1.29 is 10.2 Å². The predicted octanol–water partition coefficient (Wildman–Crippen LogP) is 3.86. The van der Waals surface area contributed by atoms with Crippen molar-refractivity contribution in [3.05, 3.63) is 107 Å². The Bertz CT molecular complexity index is 888. The standard InChI is InChI=1S/C24H18O2/c25-23(21-11-3-1-4-12-21)17-15-19-9-7-8-10-20(19)16-18-24(26)22-13-5-2-6-14-22/h1-14,23-26H. The average Bonchev–Trinajstić information content (AvgIpc) is 2.72. The van der Waals surface area contributed by atoms with Gasteiger partial charge in [-0.15, -0.1) is 0 Å². The van der Waals surface area contributed by atoms with E-state index in [0.717, 1.165) is 22.3 Å². The molecule has 0 aliphatic heterocycles. The second-order valence-electron chi connectivity index (χ2n) is 5.71. The second kappa shape index (κ2) is 8.70. The largest absolute Gasteiger partial charge is 0.376 e. The first-order valence-corrected chi connectivity index (χ1v) is 8.32. The van der Waals surface area contributed by atoms with Gasteiger partial charge in [-0.25, -0.2) is 0 Å². The van der Waals surface area contributed by atoms with Gasteiger partial charge in [0.25, 0.3) is 0 Å². The lowest BCUT2D eigenvalue weighted by atomic mass is 10.1. The molecular formula is C24H18O2. The van der Waals surface area contributed by atoms with E-state index >= 15 is 0 Å². The van der Waals surface area contributed by atoms with Crippen molar-refractivity contribution in [1.29, 1.82) is 0 Å². The predicted molar refractivity (Wildman–Crippen MR) is 103 cm³/mol. The van der Waals surface area contributed by atoms with E-state index in [4.69, 9.17) is 0 Å². The summed E-state index contributed by atoms with van der Waals surface area (Å²) in [6.07, 6.45) is -1.71. The van der Waals surface area contributed by atoms with Crippen LogP contribution in [0, 0.1) is 23.7 Å². The van der Waals surface area contributed by atoms with Gasteiger partial charge in [0.15, 0.2) is 0 Å². The molecule has 3 rings (SSSR count). The summed E-state index contributed by atoms with van der Waals surface area (Å²) in [5, 5.41) is 20.4. The van der Waals surface area contributed by atoms with E-state index in [9.17, 15) is 10.2 Å². The Balaban J connectivity index is 1.82. The number of aliphatic hydroxyl groups excluding tert-OH is 2. The zero-order chi connectivity index (χ0) is 18.2. The van der Waals surface area contributed by atoms with Gasteiger partial charge >= 0.3 is 0 Å². The zero-order valence-electron chi connectivity index (χ0n) is 14.1. The molecule has 3 aromatic rings. The highest BCUT2D eigenvalue weighted by molar-refractivity contribution is 5.51. The summed E-state index contributed by atoms with van der Waals surface area (Å²) in [6, 6.07) is 26.0. The summed E-state index contributed by atoms with van der Waals surface area (Å²) in [7, 11) is 0. The van der Waals surface area contributed by atoms with Gasteiger partial charge in [0, 0.05) is 11.1 Å². The fraction of sp³-hybridized carbons (Fsp3) is 0.0833. The van der Waals surface area contributed by atoms with E-state index in [1.54, 1.807) is 0 Å². The van der Waals surface area contributed by atoms with Crippen LogP contribution in [0.2, 0.25) is 0 Å². The van der Waals surface area contributed by atoms with E-state index < -0.39 is 12.2 Å². The summed E-state index contributed by atoms with van der Waals surface area (Å²) in [4.78, 5) is 0. The monoisotopic (exact) mass is 338 g/mol. The molecule has 0 aliphatic carbocycles. The molecule has 2 atom stereocenters. The summed E-state index contributed by atoms with van der Waals surface area (Å²) in [5.41, 5.74) is 2.94. The normalized spacial score (nSPS) is 12.1. The molecule has 2 nitrogen and oxygen atoms in total. The maximum Gasteiger partial charge on any atom is 0.140 e. The SMILES string of the molecule is OC(C#Cc1ccccc1C#CC(O)c1ccccc1)c1ccccc1. The molecule has 0 aromatic heterocycles. The molecule has 0 bridgehead atoms. The minimum atomic E-state index is -0.855. The lowest BCUT2D eigenvalue weighted by Crippen LogP contribution is -1.94. The zero-order valence-corrected chi connectivity index (χ0v) is 14.1. The van der Waals surface area contributed by atoms with Gasteiger partial charge < -0.3 is 10.2 Å². The minimum Gasteiger partial charge on any atom is -0.376 e. The number of aliphatic hydroxyl groups is 2. The molecule has 0 aliphatic rings. The fourth-order valence-corrected chi connectivity index (χ4v) is 2.43.